The molecule has 0 saturated carbocycles. The summed E-state index contributed by atoms with van der Waals surface area (Å²) in [5.41, 5.74) is 5.93. The van der Waals surface area contributed by atoms with Crippen molar-refractivity contribution in [3.8, 4) is 0 Å². The lowest BCUT2D eigenvalue weighted by Crippen LogP contribution is -2.31. The third kappa shape index (κ3) is 3.39. The molecule has 0 atom stereocenters. The van der Waals surface area contributed by atoms with Crippen LogP contribution in [0.1, 0.15) is 5.56 Å². The minimum atomic E-state index is -3.54. The molecule has 0 bridgehead atoms. The smallest absolute Gasteiger partial charge is 0.250 e. The summed E-state index contributed by atoms with van der Waals surface area (Å²) >= 11 is 11.4. The number of hydrogen-bond acceptors (Lipinski definition) is 4. The highest BCUT2D eigenvalue weighted by molar-refractivity contribution is 7.91. The zero-order valence-corrected chi connectivity index (χ0v) is 11.0. The number of thiocarbonyl (C=S) groups is 1. The van der Waals surface area contributed by atoms with Gasteiger partial charge < -0.3 is 5.73 Å². The number of nitrogens with one attached hydrogen (secondary N) is 1. The molecule has 1 aromatic rings. The van der Waals surface area contributed by atoms with Gasteiger partial charge in [0, 0.05) is 0 Å². The lowest BCUT2D eigenvalue weighted by Gasteiger charge is -2.02. The van der Waals surface area contributed by atoms with Crippen molar-refractivity contribution in [2.24, 2.45) is 5.73 Å². The van der Waals surface area contributed by atoms with E-state index in [1.165, 1.54) is 6.07 Å². The molecular formula is C7H9ClN2O2S3. The third-order valence-electron chi connectivity index (χ3n) is 1.54. The van der Waals surface area contributed by atoms with E-state index in [1.54, 1.807) is 6.92 Å². The van der Waals surface area contributed by atoms with Crippen LogP contribution >= 0.6 is 35.2 Å². The van der Waals surface area contributed by atoms with Gasteiger partial charge in [-0.2, -0.15) is 0 Å². The Balaban J connectivity index is 2.91. The first-order valence-electron chi connectivity index (χ1n) is 3.87. The monoisotopic (exact) mass is 284 g/mol. The SMILES string of the molecule is Cc1cc(S(=O)(=O)NCC(N)=S)sc1Cl. The van der Waals surface area contributed by atoms with Crippen LogP contribution in [0.5, 0.6) is 0 Å². The summed E-state index contributed by atoms with van der Waals surface area (Å²) in [6, 6.07) is 1.51. The minimum Gasteiger partial charge on any atom is -0.392 e. The van der Waals surface area contributed by atoms with Gasteiger partial charge in [0.2, 0.25) is 10.0 Å². The Morgan fingerprint density at radius 2 is 2.33 bits per heavy atom. The molecule has 0 radical (unpaired) electrons. The fourth-order valence-electron chi connectivity index (χ4n) is 0.801. The van der Waals surface area contributed by atoms with E-state index < -0.39 is 10.0 Å². The lowest BCUT2D eigenvalue weighted by molar-refractivity contribution is 0.588. The summed E-state index contributed by atoms with van der Waals surface area (Å²) in [6.45, 7) is 1.69. The molecule has 0 aliphatic carbocycles. The van der Waals surface area contributed by atoms with E-state index in [-0.39, 0.29) is 15.7 Å². The number of rotatable bonds is 4. The maximum Gasteiger partial charge on any atom is 0.250 e. The Morgan fingerprint density at radius 3 is 2.73 bits per heavy atom. The van der Waals surface area contributed by atoms with Gasteiger partial charge in [0.15, 0.2) is 0 Å². The van der Waals surface area contributed by atoms with Gasteiger partial charge >= 0.3 is 0 Å². The van der Waals surface area contributed by atoms with E-state index in [4.69, 9.17) is 17.3 Å². The molecule has 0 saturated heterocycles. The van der Waals surface area contributed by atoms with E-state index >= 15 is 0 Å². The predicted molar refractivity (Wildman–Crippen MR) is 66.0 cm³/mol. The minimum absolute atomic E-state index is 0.0494. The number of sulfonamides is 1. The van der Waals surface area contributed by atoms with Crippen LogP contribution in [0.2, 0.25) is 4.34 Å². The Kier molecular flexibility index (Phi) is 4.07. The van der Waals surface area contributed by atoms with Crippen LogP contribution in [-0.2, 0) is 10.0 Å². The summed E-state index contributed by atoms with van der Waals surface area (Å²) in [5, 5.41) is 0. The molecule has 0 aliphatic rings. The van der Waals surface area contributed by atoms with Crippen molar-refractivity contribution in [3.63, 3.8) is 0 Å². The van der Waals surface area contributed by atoms with Gasteiger partial charge in [0.05, 0.1) is 15.9 Å². The van der Waals surface area contributed by atoms with E-state index in [2.05, 4.69) is 16.9 Å². The largest absolute Gasteiger partial charge is 0.392 e. The van der Waals surface area contributed by atoms with Crippen molar-refractivity contribution in [3.05, 3.63) is 16.0 Å². The van der Waals surface area contributed by atoms with Gasteiger partial charge in [-0.05, 0) is 18.6 Å². The molecular weight excluding hydrogens is 276 g/mol. The van der Waals surface area contributed by atoms with Gasteiger partial charge in [-0.1, -0.05) is 23.8 Å². The first kappa shape index (κ1) is 12.9. The summed E-state index contributed by atoms with van der Waals surface area (Å²) in [4.78, 5) is 0.0953. The van der Waals surface area contributed by atoms with Crippen LogP contribution in [0, 0.1) is 6.92 Å². The maximum atomic E-state index is 11.6. The van der Waals surface area contributed by atoms with Gasteiger partial charge in [-0.3, -0.25) is 0 Å². The fraction of sp³-hybridized carbons (Fsp3) is 0.286. The van der Waals surface area contributed by atoms with Crippen LogP contribution in [0.25, 0.3) is 0 Å². The Hall–Kier alpha value is -0.210. The highest BCUT2D eigenvalue weighted by Crippen LogP contribution is 2.29. The zero-order valence-electron chi connectivity index (χ0n) is 7.78. The van der Waals surface area contributed by atoms with Crippen molar-refractivity contribution in [1.29, 1.82) is 0 Å². The number of nitrogens with two attached hydrogens (primary N) is 1. The topological polar surface area (TPSA) is 72.2 Å². The first-order chi connectivity index (χ1) is 6.83. The first-order valence-corrected chi connectivity index (χ1v) is 6.95. The third-order valence-corrected chi connectivity index (χ3v) is 5.11. The molecule has 0 aliphatic heterocycles. The predicted octanol–water partition coefficient (Wildman–Crippen LogP) is 1.27. The van der Waals surface area contributed by atoms with Gasteiger partial charge in [-0.15, -0.1) is 11.3 Å². The van der Waals surface area contributed by atoms with Crippen LogP contribution in [0.4, 0.5) is 0 Å². The van der Waals surface area contributed by atoms with E-state index in [0.717, 1.165) is 16.9 Å². The summed E-state index contributed by atoms with van der Waals surface area (Å²) in [5.74, 6) is 0. The van der Waals surface area contributed by atoms with E-state index in [1.807, 2.05) is 0 Å². The summed E-state index contributed by atoms with van der Waals surface area (Å²) < 4.78 is 26.2. The van der Waals surface area contributed by atoms with Gasteiger partial charge in [0.25, 0.3) is 0 Å². The Bertz CT molecular complexity index is 461. The molecule has 1 rings (SSSR count). The molecule has 0 spiro atoms. The average molecular weight is 285 g/mol. The number of hydrogen-bond donors (Lipinski definition) is 2. The molecule has 3 N–H and O–H groups in total. The molecule has 8 heteroatoms. The van der Waals surface area contributed by atoms with Crippen LogP contribution < -0.4 is 10.5 Å². The molecule has 1 aromatic heterocycles. The molecule has 15 heavy (non-hydrogen) atoms. The number of aryl methyl sites for hydroxylation is 1. The number of halogens is 1. The van der Waals surface area contributed by atoms with Gasteiger partial charge in [0.1, 0.15) is 4.21 Å². The van der Waals surface area contributed by atoms with Crippen LogP contribution in [-0.4, -0.2) is 20.0 Å². The second-order valence-corrected chi connectivity index (χ2v) is 6.99. The maximum absolute atomic E-state index is 11.6. The normalized spacial score (nSPS) is 11.6. The van der Waals surface area contributed by atoms with E-state index in [0.29, 0.717) is 4.34 Å². The van der Waals surface area contributed by atoms with E-state index in [9.17, 15) is 8.42 Å². The second-order valence-electron chi connectivity index (χ2n) is 2.81. The molecule has 0 amide bonds. The summed E-state index contributed by atoms with van der Waals surface area (Å²) in [7, 11) is -3.54. The van der Waals surface area contributed by atoms with Crippen LogP contribution in [0.3, 0.4) is 0 Å². The zero-order chi connectivity index (χ0) is 11.6. The number of thiophene rings is 1. The van der Waals surface area contributed by atoms with Crippen molar-refractivity contribution in [2.45, 2.75) is 11.1 Å². The van der Waals surface area contributed by atoms with Crippen molar-refractivity contribution >= 4 is 50.2 Å². The van der Waals surface area contributed by atoms with Crippen molar-refractivity contribution in [2.75, 3.05) is 6.54 Å². The fourth-order valence-corrected chi connectivity index (χ4v) is 3.72. The molecule has 0 unspecified atom stereocenters. The summed E-state index contributed by atoms with van der Waals surface area (Å²) in [6.07, 6.45) is 0. The Morgan fingerprint density at radius 1 is 1.73 bits per heavy atom. The highest BCUT2D eigenvalue weighted by atomic mass is 35.5. The quantitative estimate of drug-likeness (QED) is 0.817. The standard InChI is InChI=1S/C7H9ClN2O2S3/c1-4-2-6(14-7(4)8)15(11,12)10-3-5(9)13/h2,10H,3H2,1H3,(H2,9,13). The Labute approximate surface area is 102 Å². The second kappa shape index (κ2) is 4.75. The highest BCUT2D eigenvalue weighted by Gasteiger charge is 2.17. The molecule has 0 aromatic carbocycles. The molecule has 1 heterocycles. The van der Waals surface area contributed by atoms with Crippen molar-refractivity contribution in [1.82, 2.24) is 4.72 Å². The molecule has 0 fully saturated rings. The average Bonchev–Trinajstić information content (AvgIpc) is 2.45. The molecule has 4 nitrogen and oxygen atoms in total. The van der Waals surface area contributed by atoms with Gasteiger partial charge in [-0.25, -0.2) is 13.1 Å². The lowest BCUT2D eigenvalue weighted by atomic mass is 10.4. The van der Waals surface area contributed by atoms with Crippen LogP contribution in [0.15, 0.2) is 10.3 Å². The molecule has 84 valence electrons. The van der Waals surface area contributed by atoms with Crippen molar-refractivity contribution < 1.29 is 8.42 Å².